The Morgan fingerprint density at radius 2 is 1.09 bits per heavy atom. The van der Waals surface area contributed by atoms with E-state index in [0.717, 1.165) is 16.7 Å². The van der Waals surface area contributed by atoms with E-state index in [1.165, 1.54) is 0 Å². The first-order valence-corrected chi connectivity index (χ1v) is 11.1. The van der Waals surface area contributed by atoms with Crippen molar-refractivity contribution in [1.29, 1.82) is 0 Å². The fraction of sp³-hybridized carbons (Fsp3) is 0.100. The van der Waals surface area contributed by atoms with Crippen LogP contribution in [0.15, 0.2) is 109 Å². The zero-order chi connectivity index (χ0) is 22.6. The lowest BCUT2D eigenvalue weighted by atomic mass is 9.63. The van der Waals surface area contributed by atoms with Gasteiger partial charge >= 0.3 is 0 Å². The molecule has 0 amide bonds. The second-order valence-corrected chi connectivity index (χ2v) is 8.71. The molecule has 0 N–H and O–H groups in total. The van der Waals surface area contributed by atoms with Gasteiger partial charge in [0.25, 0.3) is 0 Å². The SMILES string of the molecule is O=C(c1ccccc1)C1c2ccccc2[C@@H]2c3ccccc3C(=O)[C@]12C(=O)c1ccccc1. The molecule has 0 heterocycles. The molecular weight excluding hydrogens is 408 g/mol. The normalized spacial score (nSPS) is 22.4. The summed E-state index contributed by atoms with van der Waals surface area (Å²) in [6, 6.07) is 32.9. The second-order valence-electron chi connectivity index (χ2n) is 8.71. The van der Waals surface area contributed by atoms with E-state index in [-0.39, 0.29) is 17.3 Å². The third kappa shape index (κ3) is 2.53. The summed E-state index contributed by atoms with van der Waals surface area (Å²) in [5.41, 5.74) is 2.42. The van der Waals surface area contributed by atoms with Crippen molar-refractivity contribution in [2.24, 2.45) is 5.41 Å². The van der Waals surface area contributed by atoms with Crippen LogP contribution in [0.2, 0.25) is 0 Å². The van der Waals surface area contributed by atoms with Crippen LogP contribution in [0.3, 0.4) is 0 Å². The first kappa shape index (κ1) is 19.6. The van der Waals surface area contributed by atoms with Gasteiger partial charge < -0.3 is 0 Å². The molecule has 6 rings (SSSR count). The van der Waals surface area contributed by atoms with E-state index >= 15 is 0 Å². The van der Waals surface area contributed by atoms with E-state index in [1.807, 2.05) is 66.7 Å². The standard InChI is InChI=1S/C30H20O3/c31-27(19-11-3-1-4-12-19)26-22-16-8-7-15-21(22)25-23-17-9-10-18-24(23)29(33)30(25,26)28(32)20-13-5-2-6-14-20/h1-18,25-26H/t25-,26?,30+/m1/s1. The van der Waals surface area contributed by atoms with Crippen LogP contribution < -0.4 is 0 Å². The fourth-order valence-corrected chi connectivity index (χ4v) is 5.86. The summed E-state index contributed by atoms with van der Waals surface area (Å²) in [4.78, 5) is 42.7. The van der Waals surface area contributed by atoms with Crippen LogP contribution >= 0.6 is 0 Å². The quantitative estimate of drug-likeness (QED) is 0.302. The molecule has 0 radical (unpaired) electrons. The van der Waals surface area contributed by atoms with Gasteiger partial charge in [-0.3, -0.25) is 14.4 Å². The molecule has 33 heavy (non-hydrogen) atoms. The maximum Gasteiger partial charge on any atom is 0.179 e. The van der Waals surface area contributed by atoms with Crippen LogP contribution in [-0.4, -0.2) is 17.3 Å². The zero-order valence-electron chi connectivity index (χ0n) is 17.8. The summed E-state index contributed by atoms with van der Waals surface area (Å²) in [5, 5.41) is 0. The van der Waals surface area contributed by atoms with Crippen LogP contribution in [0, 0.1) is 5.41 Å². The molecule has 2 aliphatic carbocycles. The lowest BCUT2D eigenvalue weighted by Crippen LogP contribution is -2.45. The number of carbonyl (C=O) groups excluding carboxylic acids is 3. The Morgan fingerprint density at radius 1 is 0.576 bits per heavy atom. The van der Waals surface area contributed by atoms with Crippen LogP contribution in [-0.2, 0) is 0 Å². The van der Waals surface area contributed by atoms with Gasteiger partial charge in [-0.05, 0) is 16.7 Å². The second kappa shape index (κ2) is 7.21. The van der Waals surface area contributed by atoms with Crippen molar-refractivity contribution in [2.45, 2.75) is 11.8 Å². The molecule has 0 saturated carbocycles. The van der Waals surface area contributed by atoms with Gasteiger partial charge in [-0.25, -0.2) is 0 Å². The summed E-state index contributed by atoms with van der Waals surface area (Å²) >= 11 is 0. The smallest absolute Gasteiger partial charge is 0.179 e. The molecule has 0 saturated heterocycles. The van der Waals surface area contributed by atoms with Crippen molar-refractivity contribution in [1.82, 2.24) is 0 Å². The average Bonchev–Trinajstić information content (AvgIpc) is 3.33. The van der Waals surface area contributed by atoms with Crippen molar-refractivity contribution in [3.63, 3.8) is 0 Å². The van der Waals surface area contributed by atoms with Crippen molar-refractivity contribution >= 4 is 17.3 Å². The van der Waals surface area contributed by atoms with E-state index in [0.29, 0.717) is 16.7 Å². The summed E-state index contributed by atoms with van der Waals surface area (Å²) in [7, 11) is 0. The van der Waals surface area contributed by atoms with Crippen molar-refractivity contribution in [2.75, 3.05) is 0 Å². The largest absolute Gasteiger partial charge is 0.293 e. The van der Waals surface area contributed by atoms with E-state index in [4.69, 9.17) is 0 Å². The molecule has 0 fully saturated rings. The number of fused-ring (bicyclic) bond motifs is 5. The van der Waals surface area contributed by atoms with E-state index < -0.39 is 17.3 Å². The number of benzene rings is 4. The highest BCUT2D eigenvalue weighted by molar-refractivity contribution is 6.28. The molecule has 3 nitrogen and oxygen atoms in total. The van der Waals surface area contributed by atoms with Gasteiger partial charge in [0.1, 0.15) is 5.41 Å². The number of Topliss-reactive ketones (excluding diaryl/α,β-unsaturated/α-hetero) is 3. The minimum absolute atomic E-state index is 0.198. The fourth-order valence-electron chi connectivity index (χ4n) is 5.86. The van der Waals surface area contributed by atoms with E-state index in [1.54, 1.807) is 42.5 Å². The minimum atomic E-state index is -1.54. The Kier molecular flexibility index (Phi) is 4.27. The average molecular weight is 428 g/mol. The summed E-state index contributed by atoms with van der Waals surface area (Å²) in [6.45, 7) is 0. The maximum atomic E-state index is 14.4. The molecule has 0 spiro atoms. The molecule has 158 valence electrons. The number of rotatable bonds is 4. The number of hydrogen-bond donors (Lipinski definition) is 0. The Morgan fingerprint density at radius 3 is 1.76 bits per heavy atom. The number of hydrogen-bond acceptors (Lipinski definition) is 3. The molecule has 3 atom stereocenters. The lowest BCUT2D eigenvalue weighted by Gasteiger charge is -2.32. The van der Waals surface area contributed by atoms with Gasteiger partial charge in [0.05, 0.1) is 5.92 Å². The molecule has 0 aromatic heterocycles. The summed E-state index contributed by atoms with van der Waals surface area (Å²) in [5.74, 6) is -2.14. The van der Waals surface area contributed by atoms with E-state index in [2.05, 4.69) is 0 Å². The molecule has 0 aliphatic heterocycles. The summed E-state index contributed by atoms with van der Waals surface area (Å²) in [6.07, 6.45) is 0. The molecule has 0 bridgehead atoms. The minimum Gasteiger partial charge on any atom is -0.293 e. The van der Waals surface area contributed by atoms with Crippen molar-refractivity contribution < 1.29 is 14.4 Å². The highest BCUT2D eigenvalue weighted by atomic mass is 16.2. The van der Waals surface area contributed by atoms with Gasteiger partial charge in [-0.15, -0.1) is 0 Å². The van der Waals surface area contributed by atoms with Gasteiger partial charge in [0.15, 0.2) is 17.3 Å². The Labute approximate surface area is 191 Å². The number of carbonyl (C=O) groups is 3. The topological polar surface area (TPSA) is 51.2 Å². The summed E-state index contributed by atoms with van der Waals surface area (Å²) < 4.78 is 0. The molecule has 3 heteroatoms. The Balaban J connectivity index is 1.69. The highest BCUT2D eigenvalue weighted by Gasteiger charge is 2.68. The molecular formula is C30H20O3. The Hall–Kier alpha value is -4.11. The van der Waals surface area contributed by atoms with Gasteiger partial charge in [-0.2, -0.15) is 0 Å². The van der Waals surface area contributed by atoms with Crippen LogP contribution in [0.25, 0.3) is 0 Å². The highest BCUT2D eigenvalue weighted by Crippen LogP contribution is 2.65. The maximum absolute atomic E-state index is 14.4. The van der Waals surface area contributed by atoms with Crippen LogP contribution in [0.1, 0.15) is 59.6 Å². The van der Waals surface area contributed by atoms with Gasteiger partial charge in [0.2, 0.25) is 0 Å². The third-order valence-electron chi connectivity index (χ3n) is 7.15. The number of ketones is 3. The predicted molar refractivity (Wildman–Crippen MR) is 126 cm³/mol. The monoisotopic (exact) mass is 428 g/mol. The van der Waals surface area contributed by atoms with Crippen molar-refractivity contribution in [3.8, 4) is 0 Å². The molecule has 4 aromatic rings. The van der Waals surface area contributed by atoms with Gasteiger partial charge in [-0.1, -0.05) is 109 Å². The first-order valence-electron chi connectivity index (χ1n) is 11.1. The predicted octanol–water partition coefficient (Wildman–Crippen LogP) is 5.86. The Bertz CT molecular complexity index is 1420. The molecule has 2 aliphatic rings. The molecule has 4 aromatic carbocycles. The molecule has 1 unspecified atom stereocenters. The van der Waals surface area contributed by atoms with Crippen molar-refractivity contribution in [3.05, 3.63) is 143 Å². The van der Waals surface area contributed by atoms with Crippen LogP contribution in [0.5, 0.6) is 0 Å². The zero-order valence-corrected chi connectivity index (χ0v) is 17.8. The van der Waals surface area contributed by atoms with Crippen LogP contribution in [0.4, 0.5) is 0 Å². The third-order valence-corrected chi connectivity index (χ3v) is 7.15. The first-order chi connectivity index (χ1) is 16.2. The van der Waals surface area contributed by atoms with E-state index in [9.17, 15) is 14.4 Å². The lowest BCUT2D eigenvalue weighted by molar-refractivity contribution is 0.0591. The van der Waals surface area contributed by atoms with Gasteiger partial charge in [0, 0.05) is 22.6 Å².